The summed E-state index contributed by atoms with van der Waals surface area (Å²) in [4.78, 5) is 27.9. The van der Waals surface area contributed by atoms with Crippen molar-refractivity contribution in [1.29, 1.82) is 0 Å². The summed E-state index contributed by atoms with van der Waals surface area (Å²) in [5.41, 5.74) is 4.10. The number of aryl methyl sites for hydroxylation is 1. The normalized spacial score (nSPS) is 21.6. The average molecular weight is 377 g/mol. The standard InChI is InChI=1S/C22H23N3O3/c1-15-6-8-20-18(12-15)19-14-23(2)11-10-21(19)24(20)22(26)9-7-16-4-3-5-17(13-16)25(27)28/h3-9,12-13,19,21H,10-11,14H2,1-2H3/b9-7+. The first-order chi connectivity index (χ1) is 13.4. The maximum atomic E-state index is 13.1. The molecule has 2 unspecified atom stereocenters. The monoisotopic (exact) mass is 377 g/mol. The van der Waals surface area contributed by atoms with Gasteiger partial charge in [-0.15, -0.1) is 0 Å². The quantitative estimate of drug-likeness (QED) is 0.464. The van der Waals surface area contributed by atoms with Gasteiger partial charge in [-0.1, -0.05) is 29.8 Å². The Labute approximate surface area is 164 Å². The van der Waals surface area contributed by atoms with Gasteiger partial charge in [0, 0.05) is 42.4 Å². The molecule has 4 rings (SSSR count). The van der Waals surface area contributed by atoms with Crippen molar-refractivity contribution in [3.8, 4) is 0 Å². The highest BCUT2D eigenvalue weighted by molar-refractivity contribution is 6.06. The molecule has 144 valence electrons. The fraction of sp³-hybridized carbons (Fsp3) is 0.318. The lowest BCUT2D eigenvalue weighted by atomic mass is 9.89. The number of hydrogen-bond acceptors (Lipinski definition) is 4. The zero-order chi connectivity index (χ0) is 19.8. The molecule has 0 radical (unpaired) electrons. The number of non-ortho nitro benzene ring substituents is 1. The molecule has 2 aromatic rings. The Balaban J connectivity index is 1.64. The highest BCUT2D eigenvalue weighted by Gasteiger charge is 2.43. The predicted molar refractivity (Wildman–Crippen MR) is 109 cm³/mol. The first-order valence-corrected chi connectivity index (χ1v) is 9.49. The largest absolute Gasteiger partial charge is 0.306 e. The van der Waals surface area contributed by atoms with Crippen LogP contribution in [0.4, 0.5) is 11.4 Å². The van der Waals surface area contributed by atoms with Crippen molar-refractivity contribution in [2.75, 3.05) is 25.0 Å². The Kier molecular flexibility index (Phi) is 4.73. The van der Waals surface area contributed by atoms with Gasteiger partial charge in [-0.3, -0.25) is 14.9 Å². The molecule has 0 spiro atoms. The fourth-order valence-corrected chi connectivity index (χ4v) is 4.36. The first-order valence-electron chi connectivity index (χ1n) is 9.49. The molecule has 2 aromatic carbocycles. The highest BCUT2D eigenvalue weighted by Crippen LogP contribution is 2.45. The van der Waals surface area contributed by atoms with Crippen LogP contribution in [0.2, 0.25) is 0 Å². The van der Waals surface area contributed by atoms with Crippen LogP contribution in [0.25, 0.3) is 6.08 Å². The zero-order valence-electron chi connectivity index (χ0n) is 16.0. The summed E-state index contributed by atoms with van der Waals surface area (Å²) < 4.78 is 0. The summed E-state index contributed by atoms with van der Waals surface area (Å²) >= 11 is 0. The van der Waals surface area contributed by atoms with E-state index in [1.807, 2.05) is 17.0 Å². The molecule has 1 amide bonds. The number of anilines is 1. The third kappa shape index (κ3) is 3.31. The minimum atomic E-state index is -0.429. The van der Waals surface area contributed by atoms with E-state index in [1.165, 1.54) is 29.3 Å². The van der Waals surface area contributed by atoms with Gasteiger partial charge in [0.25, 0.3) is 11.6 Å². The van der Waals surface area contributed by atoms with Gasteiger partial charge in [-0.2, -0.15) is 0 Å². The Hall–Kier alpha value is -2.99. The van der Waals surface area contributed by atoms with Crippen LogP contribution in [-0.4, -0.2) is 41.9 Å². The van der Waals surface area contributed by atoms with Crippen LogP contribution in [0.3, 0.4) is 0 Å². The van der Waals surface area contributed by atoms with Crippen LogP contribution in [0.1, 0.15) is 29.0 Å². The van der Waals surface area contributed by atoms with Crippen LogP contribution in [-0.2, 0) is 4.79 Å². The van der Waals surface area contributed by atoms with Gasteiger partial charge in [-0.25, -0.2) is 0 Å². The number of nitro groups is 1. The van der Waals surface area contributed by atoms with Crippen LogP contribution in [0, 0.1) is 17.0 Å². The minimum absolute atomic E-state index is 0.0203. The van der Waals surface area contributed by atoms with E-state index in [2.05, 4.69) is 24.9 Å². The van der Waals surface area contributed by atoms with Gasteiger partial charge in [0.1, 0.15) is 0 Å². The molecule has 0 aliphatic carbocycles. The van der Waals surface area contributed by atoms with Crippen LogP contribution < -0.4 is 4.90 Å². The molecular formula is C22H23N3O3. The molecule has 0 aromatic heterocycles. The van der Waals surface area contributed by atoms with Gasteiger partial charge >= 0.3 is 0 Å². The molecule has 6 heteroatoms. The van der Waals surface area contributed by atoms with Gasteiger partial charge < -0.3 is 9.80 Å². The third-order valence-corrected chi connectivity index (χ3v) is 5.69. The number of nitrogens with zero attached hydrogens (tertiary/aromatic N) is 3. The zero-order valence-corrected chi connectivity index (χ0v) is 16.0. The summed E-state index contributed by atoms with van der Waals surface area (Å²) in [6.45, 7) is 3.99. The van der Waals surface area contributed by atoms with Crippen molar-refractivity contribution < 1.29 is 9.72 Å². The molecule has 28 heavy (non-hydrogen) atoms. The molecule has 0 saturated carbocycles. The molecule has 2 aliphatic rings. The Morgan fingerprint density at radius 1 is 1.25 bits per heavy atom. The smallest absolute Gasteiger partial charge is 0.270 e. The molecular weight excluding hydrogens is 354 g/mol. The lowest BCUT2D eigenvalue weighted by Crippen LogP contribution is -2.46. The molecule has 0 bridgehead atoms. The van der Waals surface area contributed by atoms with Crippen molar-refractivity contribution in [3.63, 3.8) is 0 Å². The molecule has 6 nitrogen and oxygen atoms in total. The van der Waals surface area contributed by atoms with Crippen molar-refractivity contribution in [2.45, 2.75) is 25.3 Å². The average Bonchev–Trinajstić information content (AvgIpc) is 2.99. The fourth-order valence-electron chi connectivity index (χ4n) is 4.36. The number of fused-ring (bicyclic) bond motifs is 3. The number of hydrogen-bond donors (Lipinski definition) is 0. The second-order valence-electron chi connectivity index (χ2n) is 7.68. The lowest BCUT2D eigenvalue weighted by Gasteiger charge is -2.36. The van der Waals surface area contributed by atoms with Gasteiger partial charge in [0.2, 0.25) is 0 Å². The summed E-state index contributed by atoms with van der Waals surface area (Å²) in [5, 5.41) is 11.0. The SMILES string of the molecule is Cc1ccc2c(c1)C1CN(C)CCC1N2C(=O)/C=C/c1cccc([N+](=O)[O-])c1. The Morgan fingerprint density at radius 3 is 2.86 bits per heavy atom. The number of rotatable bonds is 3. The topological polar surface area (TPSA) is 66.7 Å². The number of nitro benzene ring substituents is 1. The van der Waals surface area contributed by atoms with E-state index in [-0.39, 0.29) is 17.6 Å². The number of likely N-dealkylation sites (N-methyl/N-ethyl adjacent to an activating group) is 1. The van der Waals surface area contributed by atoms with Crippen LogP contribution in [0.15, 0.2) is 48.5 Å². The van der Waals surface area contributed by atoms with Crippen LogP contribution >= 0.6 is 0 Å². The summed E-state index contributed by atoms with van der Waals surface area (Å²) in [5.74, 6) is 0.248. The maximum absolute atomic E-state index is 13.1. The number of benzene rings is 2. The summed E-state index contributed by atoms with van der Waals surface area (Å²) in [6, 6.07) is 12.8. The number of likely N-dealkylation sites (tertiary alicyclic amines) is 1. The van der Waals surface area contributed by atoms with E-state index >= 15 is 0 Å². The third-order valence-electron chi connectivity index (χ3n) is 5.69. The second-order valence-corrected chi connectivity index (χ2v) is 7.68. The maximum Gasteiger partial charge on any atom is 0.270 e. The van der Waals surface area contributed by atoms with Crippen molar-refractivity contribution in [3.05, 3.63) is 75.3 Å². The minimum Gasteiger partial charge on any atom is -0.306 e. The molecule has 1 fully saturated rings. The van der Waals surface area contributed by atoms with E-state index in [1.54, 1.807) is 18.2 Å². The Morgan fingerprint density at radius 2 is 2.07 bits per heavy atom. The Bertz CT molecular complexity index is 969. The highest BCUT2D eigenvalue weighted by atomic mass is 16.6. The van der Waals surface area contributed by atoms with Crippen molar-refractivity contribution >= 4 is 23.4 Å². The molecule has 1 saturated heterocycles. The molecule has 0 N–H and O–H groups in total. The van der Waals surface area contributed by atoms with Gasteiger partial charge in [0.05, 0.1) is 4.92 Å². The second kappa shape index (κ2) is 7.20. The van der Waals surface area contributed by atoms with Crippen molar-refractivity contribution in [2.24, 2.45) is 0 Å². The predicted octanol–water partition coefficient (Wildman–Crippen LogP) is 3.75. The van der Waals surface area contributed by atoms with Crippen LogP contribution in [0.5, 0.6) is 0 Å². The first kappa shape index (κ1) is 18.4. The molecule has 2 atom stereocenters. The lowest BCUT2D eigenvalue weighted by molar-refractivity contribution is -0.384. The number of amides is 1. The summed E-state index contributed by atoms with van der Waals surface area (Å²) in [6.07, 6.45) is 4.13. The van der Waals surface area contributed by atoms with E-state index in [0.717, 1.165) is 25.2 Å². The molecule has 2 aliphatic heterocycles. The van der Waals surface area contributed by atoms with E-state index in [4.69, 9.17) is 0 Å². The van der Waals surface area contributed by atoms with E-state index < -0.39 is 4.92 Å². The number of carbonyl (C=O) groups excluding carboxylic acids is 1. The number of carbonyl (C=O) groups is 1. The number of piperidine rings is 1. The van der Waals surface area contributed by atoms with Gasteiger partial charge in [-0.05, 0) is 50.2 Å². The van der Waals surface area contributed by atoms with Crippen molar-refractivity contribution in [1.82, 2.24) is 4.90 Å². The van der Waals surface area contributed by atoms with Gasteiger partial charge in [0.15, 0.2) is 0 Å². The molecule has 2 heterocycles. The van der Waals surface area contributed by atoms with E-state index in [0.29, 0.717) is 11.5 Å². The summed E-state index contributed by atoms with van der Waals surface area (Å²) in [7, 11) is 2.12. The van der Waals surface area contributed by atoms with E-state index in [9.17, 15) is 14.9 Å².